The maximum Gasteiger partial charge on any atom is 0.338 e. The van der Waals surface area contributed by atoms with Crippen LogP contribution in [0.4, 0.5) is 0 Å². The number of benzene rings is 1. The smallest absolute Gasteiger partial charge is 0.338 e. The van der Waals surface area contributed by atoms with Crippen LogP contribution in [0.5, 0.6) is 0 Å². The fourth-order valence-corrected chi connectivity index (χ4v) is 0.924. The number of aryl methyl sites for hydroxylation is 1. The van der Waals surface area contributed by atoms with Gasteiger partial charge in [-0.2, -0.15) is 0 Å². The van der Waals surface area contributed by atoms with Crippen LogP contribution in [-0.4, -0.2) is 12.6 Å². The predicted octanol–water partition coefficient (Wildman–Crippen LogP) is 1.97. The summed E-state index contributed by atoms with van der Waals surface area (Å²) < 4.78 is 4.82. The summed E-state index contributed by atoms with van der Waals surface area (Å²) in [6, 6.07) is 8.11. The minimum Gasteiger partial charge on any atom is -0.462 e. The highest BCUT2D eigenvalue weighted by atomic mass is 16.5. The first-order valence-corrected chi connectivity index (χ1v) is 3.89. The molecule has 2 nitrogen and oxygen atoms in total. The van der Waals surface area contributed by atoms with Gasteiger partial charge in [0.1, 0.15) is 0 Å². The average Bonchev–Trinajstić information content (AvgIpc) is 2.05. The molecule has 0 saturated heterocycles. The van der Waals surface area contributed by atoms with Crippen molar-refractivity contribution in [2.75, 3.05) is 6.61 Å². The molecule has 0 aromatic heterocycles. The van der Waals surface area contributed by atoms with Crippen molar-refractivity contribution in [2.24, 2.45) is 0 Å². The zero-order valence-electron chi connectivity index (χ0n) is 7.26. The van der Waals surface area contributed by atoms with Gasteiger partial charge in [-0.15, -0.1) is 0 Å². The van der Waals surface area contributed by atoms with E-state index in [1.54, 1.807) is 19.1 Å². The fourth-order valence-electron chi connectivity index (χ4n) is 0.924. The van der Waals surface area contributed by atoms with Gasteiger partial charge >= 0.3 is 5.97 Å². The number of hydrogen-bond acceptors (Lipinski definition) is 2. The van der Waals surface area contributed by atoms with E-state index in [1.807, 2.05) is 13.0 Å². The van der Waals surface area contributed by atoms with E-state index in [2.05, 4.69) is 6.07 Å². The molecule has 12 heavy (non-hydrogen) atoms. The monoisotopic (exact) mass is 163 g/mol. The van der Waals surface area contributed by atoms with Gasteiger partial charge in [0.15, 0.2) is 0 Å². The van der Waals surface area contributed by atoms with Crippen molar-refractivity contribution in [3.05, 3.63) is 35.4 Å². The second-order valence-electron chi connectivity index (χ2n) is 2.52. The molecule has 0 aliphatic heterocycles. The van der Waals surface area contributed by atoms with E-state index in [0.717, 1.165) is 5.56 Å². The van der Waals surface area contributed by atoms with E-state index in [-0.39, 0.29) is 5.97 Å². The molecule has 0 amide bonds. The highest BCUT2D eigenvalue weighted by molar-refractivity contribution is 5.89. The van der Waals surface area contributed by atoms with Crippen LogP contribution >= 0.6 is 0 Å². The Morgan fingerprint density at radius 2 is 2.33 bits per heavy atom. The molecule has 0 atom stereocenters. The third-order valence-electron chi connectivity index (χ3n) is 1.44. The van der Waals surface area contributed by atoms with Crippen molar-refractivity contribution >= 4 is 5.97 Å². The van der Waals surface area contributed by atoms with Crippen LogP contribution < -0.4 is 0 Å². The van der Waals surface area contributed by atoms with Gasteiger partial charge in [0.25, 0.3) is 0 Å². The topological polar surface area (TPSA) is 26.3 Å². The molecule has 0 aliphatic rings. The van der Waals surface area contributed by atoms with Gasteiger partial charge in [0.05, 0.1) is 12.2 Å². The number of carbonyl (C=O) groups is 1. The minimum atomic E-state index is -0.280. The Hall–Kier alpha value is -1.31. The summed E-state index contributed by atoms with van der Waals surface area (Å²) in [5.74, 6) is -0.280. The molecule has 0 bridgehead atoms. The van der Waals surface area contributed by atoms with E-state index < -0.39 is 0 Å². The molecule has 1 rings (SSSR count). The molecule has 1 aromatic carbocycles. The molecule has 1 aromatic rings. The van der Waals surface area contributed by atoms with Crippen molar-refractivity contribution in [1.29, 1.82) is 0 Å². The molecule has 63 valence electrons. The maximum absolute atomic E-state index is 11.2. The molecule has 0 heterocycles. The number of hydrogen-bond donors (Lipinski definition) is 0. The number of ether oxygens (including phenoxy) is 1. The lowest BCUT2D eigenvalue weighted by molar-refractivity contribution is 0.0526. The summed E-state index contributed by atoms with van der Waals surface area (Å²) in [6.07, 6.45) is 0. The van der Waals surface area contributed by atoms with Crippen molar-refractivity contribution in [2.45, 2.75) is 13.8 Å². The zero-order chi connectivity index (χ0) is 8.97. The van der Waals surface area contributed by atoms with E-state index in [1.165, 1.54) is 0 Å². The lowest BCUT2D eigenvalue weighted by atomic mass is 10.1. The van der Waals surface area contributed by atoms with Crippen LogP contribution in [0.25, 0.3) is 0 Å². The standard InChI is InChI=1S/C10H11O2/c1-3-12-10(11)9-6-4-5-8(2)7-9/h5-7H,3H2,1-2H3. The molecule has 0 saturated carbocycles. The molecular weight excluding hydrogens is 152 g/mol. The van der Waals surface area contributed by atoms with Crippen molar-refractivity contribution in [3.8, 4) is 0 Å². The predicted molar refractivity (Wildman–Crippen MR) is 46.0 cm³/mol. The van der Waals surface area contributed by atoms with Gasteiger partial charge in [-0.3, -0.25) is 0 Å². The molecule has 0 spiro atoms. The maximum atomic E-state index is 11.2. The van der Waals surface area contributed by atoms with Crippen LogP contribution in [0.3, 0.4) is 0 Å². The first-order chi connectivity index (χ1) is 5.74. The van der Waals surface area contributed by atoms with Gasteiger partial charge in [0, 0.05) is 0 Å². The molecule has 0 unspecified atom stereocenters. The lowest BCUT2D eigenvalue weighted by Crippen LogP contribution is -2.04. The van der Waals surface area contributed by atoms with Gasteiger partial charge in [0.2, 0.25) is 0 Å². The highest BCUT2D eigenvalue weighted by Gasteiger charge is 2.04. The molecule has 0 N–H and O–H groups in total. The first kappa shape index (κ1) is 8.78. The third kappa shape index (κ3) is 2.09. The second kappa shape index (κ2) is 3.90. The average molecular weight is 163 g/mol. The van der Waals surface area contributed by atoms with Gasteiger partial charge in [-0.05, 0) is 37.6 Å². The summed E-state index contributed by atoms with van der Waals surface area (Å²) in [5, 5.41) is 0. The summed E-state index contributed by atoms with van der Waals surface area (Å²) in [6.45, 7) is 4.11. The molecule has 1 radical (unpaired) electrons. The molecule has 2 heteroatoms. The Kier molecular flexibility index (Phi) is 2.86. The van der Waals surface area contributed by atoms with Crippen molar-refractivity contribution < 1.29 is 9.53 Å². The molecule has 0 aliphatic carbocycles. The normalized spacial score (nSPS) is 9.50. The van der Waals surface area contributed by atoms with Crippen LogP contribution in [-0.2, 0) is 4.74 Å². The Morgan fingerprint density at radius 3 is 2.92 bits per heavy atom. The van der Waals surface area contributed by atoms with Gasteiger partial charge < -0.3 is 4.74 Å². The van der Waals surface area contributed by atoms with Crippen molar-refractivity contribution in [1.82, 2.24) is 0 Å². The summed E-state index contributed by atoms with van der Waals surface area (Å²) in [5.41, 5.74) is 1.58. The third-order valence-corrected chi connectivity index (χ3v) is 1.44. The van der Waals surface area contributed by atoms with Crippen LogP contribution in [0.1, 0.15) is 22.8 Å². The summed E-state index contributed by atoms with van der Waals surface area (Å²) >= 11 is 0. The Morgan fingerprint density at radius 1 is 1.58 bits per heavy atom. The summed E-state index contributed by atoms with van der Waals surface area (Å²) in [7, 11) is 0. The van der Waals surface area contributed by atoms with E-state index in [0.29, 0.717) is 12.2 Å². The Balaban J connectivity index is 2.81. The zero-order valence-corrected chi connectivity index (χ0v) is 7.26. The van der Waals surface area contributed by atoms with E-state index in [9.17, 15) is 4.79 Å². The van der Waals surface area contributed by atoms with Crippen molar-refractivity contribution in [3.63, 3.8) is 0 Å². The second-order valence-corrected chi connectivity index (χ2v) is 2.52. The SMILES string of the molecule is CCOC(=O)c1c[c]cc(C)c1. The quantitative estimate of drug-likeness (QED) is 0.623. The van der Waals surface area contributed by atoms with Gasteiger partial charge in [-0.25, -0.2) is 4.79 Å². The van der Waals surface area contributed by atoms with E-state index >= 15 is 0 Å². The van der Waals surface area contributed by atoms with E-state index in [4.69, 9.17) is 4.74 Å². The highest BCUT2D eigenvalue weighted by Crippen LogP contribution is 2.04. The Bertz CT molecular complexity index is 279. The first-order valence-electron chi connectivity index (χ1n) is 3.89. The minimum absolute atomic E-state index is 0.280. The van der Waals surface area contributed by atoms with Crippen LogP contribution in [0, 0.1) is 13.0 Å². The fraction of sp³-hybridized carbons (Fsp3) is 0.300. The lowest BCUT2D eigenvalue weighted by Gasteiger charge is -2.01. The number of carbonyl (C=O) groups excluding carboxylic acids is 1. The Labute approximate surface area is 72.2 Å². The molecule has 0 fully saturated rings. The van der Waals surface area contributed by atoms with Crippen LogP contribution in [0.15, 0.2) is 18.2 Å². The number of rotatable bonds is 2. The number of esters is 1. The molecular formula is C10H11O2. The largest absolute Gasteiger partial charge is 0.462 e. The summed E-state index contributed by atoms with van der Waals surface area (Å²) in [4.78, 5) is 11.2. The van der Waals surface area contributed by atoms with Gasteiger partial charge in [-0.1, -0.05) is 6.07 Å². The van der Waals surface area contributed by atoms with Crippen LogP contribution in [0.2, 0.25) is 0 Å².